The average Bonchev–Trinajstić information content (AvgIpc) is 3.49. The highest BCUT2D eigenvalue weighted by atomic mass is 32.2. The minimum absolute atomic E-state index is 0.0275. The molecule has 1 fully saturated rings. The standard InChI is InChI=1S/C19H18N2O5S/c1-27-16-10-7-13(11-15(16)21(24)25)19(23)26-17(12-5-3-2-4-6-12)18(22)20-14-8-9-14/h2-7,10-11,14,17H,8-9H2,1H3,(H,20,22). The smallest absolute Gasteiger partial charge is 0.339 e. The molecule has 0 bridgehead atoms. The number of benzene rings is 2. The number of carbonyl (C=O) groups excluding carboxylic acids is 2. The third-order valence-corrected chi connectivity index (χ3v) is 4.89. The molecule has 1 atom stereocenters. The van der Waals surface area contributed by atoms with Gasteiger partial charge in [0.2, 0.25) is 6.10 Å². The normalized spacial score (nSPS) is 14.3. The van der Waals surface area contributed by atoms with Crippen molar-refractivity contribution < 1.29 is 19.2 Å². The molecule has 140 valence electrons. The summed E-state index contributed by atoms with van der Waals surface area (Å²) in [5, 5.41) is 14.0. The molecule has 7 nitrogen and oxygen atoms in total. The number of nitro benzene ring substituents is 1. The van der Waals surface area contributed by atoms with Gasteiger partial charge >= 0.3 is 5.97 Å². The Kier molecular flexibility index (Phi) is 5.75. The van der Waals surface area contributed by atoms with Crippen LogP contribution in [-0.4, -0.2) is 29.1 Å². The Labute approximate surface area is 160 Å². The summed E-state index contributed by atoms with van der Waals surface area (Å²) in [6.07, 6.45) is 2.42. The molecule has 1 amide bonds. The number of ether oxygens (including phenoxy) is 1. The number of nitrogens with zero attached hydrogens (tertiary/aromatic N) is 1. The third kappa shape index (κ3) is 4.65. The largest absolute Gasteiger partial charge is 0.444 e. The second-order valence-corrected chi connectivity index (χ2v) is 6.97. The van der Waals surface area contributed by atoms with Crippen LogP contribution in [0.3, 0.4) is 0 Å². The highest BCUT2D eigenvalue weighted by molar-refractivity contribution is 7.98. The Balaban J connectivity index is 1.84. The van der Waals surface area contributed by atoms with Gasteiger partial charge in [-0.3, -0.25) is 14.9 Å². The van der Waals surface area contributed by atoms with E-state index in [1.807, 2.05) is 0 Å². The van der Waals surface area contributed by atoms with E-state index < -0.39 is 22.9 Å². The highest BCUT2D eigenvalue weighted by Gasteiger charge is 2.31. The number of amides is 1. The molecule has 1 aliphatic rings. The number of rotatable bonds is 7. The molecule has 3 rings (SSSR count). The molecule has 0 aromatic heterocycles. The molecule has 0 saturated heterocycles. The van der Waals surface area contributed by atoms with Gasteiger partial charge in [-0.2, -0.15) is 0 Å². The van der Waals surface area contributed by atoms with E-state index in [9.17, 15) is 19.7 Å². The molecule has 27 heavy (non-hydrogen) atoms. The summed E-state index contributed by atoms with van der Waals surface area (Å²) < 4.78 is 5.44. The van der Waals surface area contributed by atoms with Gasteiger partial charge in [-0.15, -0.1) is 11.8 Å². The minimum Gasteiger partial charge on any atom is -0.444 e. The van der Waals surface area contributed by atoms with Crippen LogP contribution in [-0.2, 0) is 9.53 Å². The van der Waals surface area contributed by atoms with Crippen molar-refractivity contribution >= 4 is 29.3 Å². The Morgan fingerprint density at radius 1 is 1.22 bits per heavy atom. The van der Waals surface area contributed by atoms with E-state index in [0.29, 0.717) is 10.5 Å². The lowest BCUT2D eigenvalue weighted by atomic mass is 10.1. The first-order chi connectivity index (χ1) is 13.0. The number of nitro groups is 1. The van der Waals surface area contributed by atoms with Gasteiger partial charge in [0.15, 0.2) is 0 Å². The molecule has 0 aliphatic heterocycles. The molecule has 1 aliphatic carbocycles. The lowest BCUT2D eigenvalue weighted by Gasteiger charge is -2.18. The van der Waals surface area contributed by atoms with Gasteiger partial charge in [0.25, 0.3) is 11.6 Å². The van der Waals surface area contributed by atoms with Crippen LogP contribution in [0.5, 0.6) is 0 Å². The number of hydrogen-bond donors (Lipinski definition) is 1. The maximum atomic E-state index is 12.6. The van der Waals surface area contributed by atoms with Crippen molar-refractivity contribution in [1.82, 2.24) is 5.32 Å². The summed E-state index contributed by atoms with van der Waals surface area (Å²) in [6, 6.07) is 12.9. The summed E-state index contributed by atoms with van der Waals surface area (Å²) in [4.78, 5) is 36.2. The third-order valence-electron chi connectivity index (χ3n) is 4.10. The Hall–Kier alpha value is -2.87. The van der Waals surface area contributed by atoms with E-state index >= 15 is 0 Å². The van der Waals surface area contributed by atoms with Crippen LogP contribution >= 0.6 is 11.8 Å². The van der Waals surface area contributed by atoms with Crippen molar-refractivity contribution in [2.75, 3.05) is 6.26 Å². The maximum Gasteiger partial charge on any atom is 0.339 e. The van der Waals surface area contributed by atoms with Gasteiger partial charge in [-0.25, -0.2) is 4.79 Å². The average molecular weight is 386 g/mol. The van der Waals surface area contributed by atoms with Crippen molar-refractivity contribution in [2.45, 2.75) is 29.9 Å². The van der Waals surface area contributed by atoms with Gasteiger partial charge in [0.05, 0.1) is 15.4 Å². The van der Waals surface area contributed by atoms with Crippen molar-refractivity contribution in [3.05, 3.63) is 69.8 Å². The lowest BCUT2D eigenvalue weighted by Crippen LogP contribution is -2.33. The van der Waals surface area contributed by atoms with Gasteiger partial charge in [-0.05, 0) is 31.2 Å². The van der Waals surface area contributed by atoms with Crippen molar-refractivity contribution in [3.8, 4) is 0 Å². The topological polar surface area (TPSA) is 98.5 Å². The molecule has 8 heteroatoms. The van der Waals surface area contributed by atoms with Gasteiger partial charge in [0.1, 0.15) is 0 Å². The molecule has 2 aromatic carbocycles. The number of hydrogen-bond acceptors (Lipinski definition) is 6. The van der Waals surface area contributed by atoms with Gasteiger partial charge in [0, 0.05) is 17.7 Å². The zero-order valence-electron chi connectivity index (χ0n) is 14.6. The predicted octanol–water partition coefficient (Wildman–Crippen LogP) is 3.49. The summed E-state index contributed by atoms with van der Waals surface area (Å²) in [5.41, 5.74) is 0.398. The predicted molar refractivity (Wildman–Crippen MR) is 101 cm³/mol. The van der Waals surface area contributed by atoms with Gasteiger partial charge < -0.3 is 10.1 Å². The second kappa shape index (κ2) is 8.22. The van der Waals surface area contributed by atoms with Gasteiger partial charge in [-0.1, -0.05) is 30.3 Å². The van der Waals surface area contributed by atoms with Crippen LogP contribution in [0.15, 0.2) is 53.4 Å². The fraction of sp³-hybridized carbons (Fsp3) is 0.263. The summed E-state index contributed by atoms with van der Waals surface area (Å²) in [5.74, 6) is -1.18. The Bertz CT molecular complexity index is 868. The Morgan fingerprint density at radius 3 is 2.52 bits per heavy atom. The lowest BCUT2D eigenvalue weighted by molar-refractivity contribution is -0.387. The number of carbonyl (C=O) groups is 2. The number of esters is 1. The van der Waals surface area contributed by atoms with E-state index in [1.165, 1.54) is 30.0 Å². The molecule has 1 unspecified atom stereocenters. The van der Waals surface area contributed by atoms with Crippen LogP contribution in [0.1, 0.15) is 34.9 Å². The molecule has 0 heterocycles. The quantitative estimate of drug-likeness (QED) is 0.338. The summed E-state index contributed by atoms with van der Waals surface area (Å²) in [6.45, 7) is 0. The van der Waals surface area contributed by atoms with Crippen LogP contribution in [0.2, 0.25) is 0 Å². The molecule has 1 saturated carbocycles. The van der Waals surface area contributed by atoms with E-state index in [2.05, 4.69) is 5.32 Å². The van der Waals surface area contributed by atoms with Crippen LogP contribution in [0.4, 0.5) is 5.69 Å². The summed E-state index contributed by atoms with van der Waals surface area (Å²) >= 11 is 1.22. The highest BCUT2D eigenvalue weighted by Crippen LogP contribution is 2.29. The first-order valence-electron chi connectivity index (χ1n) is 8.38. The maximum absolute atomic E-state index is 12.6. The first-order valence-corrected chi connectivity index (χ1v) is 9.61. The fourth-order valence-electron chi connectivity index (χ4n) is 2.54. The fourth-order valence-corrected chi connectivity index (χ4v) is 3.09. The second-order valence-electron chi connectivity index (χ2n) is 6.12. The van der Waals surface area contributed by atoms with Crippen molar-refractivity contribution in [1.29, 1.82) is 0 Å². The van der Waals surface area contributed by atoms with Crippen molar-refractivity contribution in [3.63, 3.8) is 0 Å². The first kappa shape index (κ1) is 18.9. The molecule has 2 aromatic rings. The van der Waals surface area contributed by atoms with Crippen LogP contribution < -0.4 is 5.32 Å². The van der Waals surface area contributed by atoms with Crippen LogP contribution in [0, 0.1) is 10.1 Å². The molecular weight excluding hydrogens is 368 g/mol. The number of thioether (sulfide) groups is 1. The van der Waals surface area contributed by atoms with Crippen molar-refractivity contribution in [2.24, 2.45) is 0 Å². The molecular formula is C19H18N2O5S. The summed E-state index contributed by atoms with van der Waals surface area (Å²) in [7, 11) is 0. The zero-order valence-corrected chi connectivity index (χ0v) is 15.4. The van der Waals surface area contributed by atoms with E-state index in [1.54, 1.807) is 36.6 Å². The molecule has 0 radical (unpaired) electrons. The van der Waals surface area contributed by atoms with E-state index in [0.717, 1.165) is 12.8 Å². The zero-order chi connectivity index (χ0) is 19.4. The monoisotopic (exact) mass is 386 g/mol. The minimum atomic E-state index is -1.11. The van der Waals surface area contributed by atoms with E-state index in [-0.39, 0.29) is 17.3 Å². The SMILES string of the molecule is CSc1ccc(C(=O)OC(C(=O)NC2CC2)c2ccccc2)cc1[N+](=O)[O-]. The Morgan fingerprint density at radius 2 is 1.93 bits per heavy atom. The molecule has 1 N–H and O–H groups in total. The number of nitrogens with one attached hydrogen (secondary N) is 1. The molecule has 0 spiro atoms. The van der Waals surface area contributed by atoms with E-state index in [4.69, 9.17) is 4.74 Å². The van der Waals surface area contributed by atoms with Crippen LogP contribution in [0.25, 0.3) is 0 Å².